The Bertz CT molecular complexity index is 1060. The van der Waals surface area contributed by atoms with Gasteiger partial charge in [-0.25, -0.2) is 0 Å². The molecular formula is C25H20SSi. The Morgan fingerprint density at radius 2 is 1.41 bits per heavy atom. The molecule has 27 heavy (non-hydrogen) atoms. The molecule has 3 aliphatic rings. The molecule has 0 nitrogen and oxygen atoms in total. The van der Waals surface area contributed by atoms with Crippen molar-refractivity contribution in [3.05, 3.63) is 108 Å². The van der Waals surface area contributed by atoms with Crippen molar-refractivity contribution in [2.45, 2.75) is 22.1 Å². The van der Waals surface area contributed by atoms with Crippen LogP contribution < -0.4 is 15.6 Å². The summed E-state index contributed by atoms with van der Waals surface area (Å²) < 4.78 is 0. The number of benzene rings is 3. The van der Waals surface area contributed by atoms with Gasteiger partial charge in [-0.1, -0.05) is 91.0 Å². The van der Waals surface area contributed by atoms with E-state index in [2.05, 4.69) is 97.1 Å². The zero-order valence-electron chi connectivity index (χ0n) is 15.0. The van der Waals surface area contributed by atoms with E-state index >= 15 is 0 Å². The predicted octanol–water partition coefficient (Wildman–Crippen LogP) is 4.36. The number of hydrogen-bond acceptors (Lipinski definition) is 1. The van der Waals surface area contributed by atoms with Gasteiger partial charge < -0.3 is 0 Å². The molecule has 3 aromatic carbocycles. The monoisotopic (exact) mass is 380 g/mol. The second-order valence-corrected chi connectivity index (χ2v) is 12.6. The molecule has 0 aromatic heterocycles. The Hall–Kier alpha value is -2.29. The first kappa shape index (κ1) is 15.7. The third-order valence-electron chi connectivity index (χ3n) is 6.52. The summed E-state index contributed by atoms with van der Waals surface area (Å²) in [5.41, 5.74) is 3.64. The molecule has 0 N–H and O–H groups in total. The van der Waals surface area contributed by atoms with Gasteiger partial charge in [0.05, 0.1) is 0 Å². The molecule has 0 radical (unpaired) electrons. The number of thioether (sulfide) groups is 1. The number of rotatable bonds is 0. The lowest BCUT2D eigenvalue weighted by molar-refractivity contribution is 0.861. The summed E-state index contributed by atoms with van der Waals surface area (Å²) in [6.45, 7) is 0. The van der Waals surface area contributed by atoms with Crippen molar-refractivity contribution in [1.29, 1.82) is 0 Å². The SMILES string of the molecule is C1=CC2c3ccccc3[Si]3(c4ccccc4CSc4ccccc43)C2C=C1. The van der Waals surface area contributed by atoms with E-state index in [1.165, 1.54) is 10.5 Å². The van der Waals surface area contributed by atoms with Crippen molar-refractivity contribution < 1.29 is 0 Å². The quantitative estimate of drug-likeness (QED) is 0.522. The summed E-state index contributed by atoms with van der Waals surface area (Å²) in [5, 5.41) is 4.86. The third-order valence-corrected chi connectivity index (χ3v) is 13.3. The van der Waals surface area contributed by atoms with Crippen LogP contribution in [0.2, 0.25) is 5.54 Å². The van der Waals surface area contributed by atoms with Crippen LogP contribution in [0.15, 0.2) is 102 Å². The molecule has 1 spiro atoms. The Morgan fingerprint density at radius 3 is 2.33 bits per heavy atom. The minimum atomic E-state index is -2.15. The van der Waals surface area contributed by atoms with Crippen molar-refractivity contribution >= 4 is 35.4 Å². The van der Waals surface area contributed by atoms with Crippen LogP contribution in [0.3, 0.4) is 0 Å². The molecule has 0 amide bonds. The zero-order valence-corrected chi connectivity index (χ0v) is 16.8. The van der Waals surface area contributed by atoms with Gasteiger partial charge in [0, 0.05) is 16.6 Å². The number of fused-ring (bicyclic) bond motifs is 9. The van der Waals surface area contributed by atoms with E-state index in [1.54, 1.807) is 21.1 Å². The standard InChI is InChI=1S/C25H20SSi/c1-5-13-22-18(9-1)17-26-21-12-4-8-16-25(21)27(22)23-14-6-2-10-19(23)20-11-3-7-15-24(20)27/h1-16,19,23H,17H2. The average molecular weight is 381 g/mol. The van der Waals surface area contributed by atoms with Gasteiger partial charge in [-0.05, 0) is 38.3 Å². The van der Waals surface area contributed by atoms with Gasteiger partial charge in [0.15, 0.2) is 8.07 Å². The van der Waals surface area contributed by atoms with Crippen molar-refractivity contribution in [3.8, 4) is 0 Å². The number of hydrogen-bond donors (Lipinski definition) is 0. The van der Waals surface area contributed by atoms with Crippen LogP contribution in [0.1, 0.15) is 17.0 Å². The van der Waals surface area contributed by atoms with Gasteiger partial charge >= 0.3 is 0 Å². The highest BCUT2D eigenvalue weighted by Gasteiger charge is 2.56. The van der Waals surface area contributed by atoms with Crippen LogP contribution >= 0.6 is 11.8 Å². The Balaban J connectivity index is 1.80. The summed E-state index contributed by atoms with van der Waals surface area (Å²) >= 11 is 2.02. The first-order valence-corrected chi connectivity index (χ1v) is 12.7. The van der Waals surface area contributed by atoms with Gasteiger partial charge in [-0.15, -0.1) is 11.8 Å². The lowest BCUT2D eigenvalue weighted by Crippen LogP contribution is -2.68. The molecule has 0 saturated carbocycles. The van der Waals surface area contributed by atoms with Crippen LogP contribution in [0.5, 0.6) is 0 Å². The maximum Gasteiger partial charge on any atom is 0.157 e. The van der Waals surface area contributed by atoms with Crippen LogP contribution in [0.4, 0.5) is 0 Å². The van der Waals surface area contributed by atoms with Crippen LogP contribution in [-0.2, 0) is 5.75 Å². The molecule has 6 rings (SSSR count). The van der Waals surface area contributed by atoms with Gasteiger partial charge in [0.1, 0.15) is 0 Å². The molecule has 0 saturated heterocycles. The maximum absolute atomic E-state index is 2.51. The normalized spacial score (nSPS) is 26.8. The second kappa shape index (κ2) is 5.85. The molecule has 3 unspecified atom stereocenters. The minimum absolute atomic E-state index is 0.502. The van der Waals surface area contributed by atoms with Crippen molar-refractivity contribution in [3.63, 3.8) is 0 Å². The molecule has 130 valence electrons. The average Bonchev–Trinajstić information content (AvgIpc) is 2.94. The topological polar surface area (TPSA) is 0 Å². The van der Waals surface area contributed by atoms with Gasteiger partial charge in [-0.3, -0.25) is 0 Å². The summed E-state index contributed by atoms with van der Waals surface area (Å²) in [5.74, 6) is 1.57. The smallest absolute Gasteiger partial charge is 0.121 e. The summed E-state index contributed by atoms with van der Waals surface area (Å²) in [4.78, 5) is 1.48. The molecule has 1 aliphatic carbocycles. The van der Waals surface area contributed by atoms with E-state index in [0.29, 0.717) is 11.5 Å². The van der Waals surface area contributed by atoms with E-state index in [-0.39, 0.29) is 0 Å². The summed E-state index contributed by atoms with van der Waals surface area (Å²) in [6.07, 6.45) is 9.48. The predicted molar refractivity (Wildman–Crippen MR) is 118 cm³/mol. The molecule has 2 heterocycles. The number of allylic oxidation sites excluding steroid dienone is 4. The highest BCUT2D eigenvalue weighted by atomic mass is 32.2. The van der Waals surface area contributed by atoms with Crippen LogP contribution in [0, 0.1) is 0 Å². The lowest BCUT2D eigenvalue weighted by atomic mass is 9.93. The van der Waals surface area contributed by atoms with Crippen LogP contribution in [0.25, 0.3) is 0 Å². The fraction of sp³-hybridized carbons (Fsp3) is 0.120. The molecule has 3 atom stereocenters. The van der Waals surface area contributed by atoms with Crippen LogP contribution in [-0.4, -0.2) is 8.07 Å². The lowest BCUT2D eigenvalue weighted by Gasteiger charge is -2.37. The van der Waals surface area contributed by atoms with E-state index < -0.39 is 8.07 Å². The zero-order chi connectivity index (χ0) is 17.8. The third kappa shape index (κ3) is 2.00. The largest absolute Gasteiger partial charge is 0.157 e. The van der Waals surface area contributed by atoms with E-state index in [1.807, 2.05) is 11.8 Å². The highest BCUT2D eigenvalue weighted by molar-refractivity contribution is 7.98. The van der Waals surface area contributed by atoms with Gasteiger partial charge in [0.2, 0.25) is 0 Å². The molecule has 2 aliphatic heterocycles. The second-order valence-electron chi connectivity index (χ2n) is 7.66. The Morgan fingerprint density at radius 1 is 0.704 bits per heavy atom. The van der Waals surface area contributed by atoms with E-state index in [4.69, 9.17) is 0 Å². The molecular weight excluding hydrogens is 360 g/mol. The summed E-state index contributed by atoms with van der Waals surface area (Å²) in [6, 6.07) is 27.8. The van der Waals surface area contributed by atoms with Gasteiger partial charge in [0.25, 0.3) is 0 Å². The highest BCUT2D eigenvalue weighted by Crippen LogP contribution is 2.48. The van der Waals surface area contributed by atoms with E-state index in [9.17, 15) is 0 Å². The Kier molecular flexibility index (Phi) is 3.41. The maximum atomic E-state index is 2.51. The van der Waals surface area contributed by atoms with Crippen molar-refractivity contribution in [2.24, 2.45) is 0 Å². The summed E-state index contributed by atoms with van der Waals surface area (Å²) in [7, 11) is -2.15. The molecule has 2 heteroatoms. The molecule has 0 fully saturated rings. The van der Waals surface area contributed by atoms with Gasteiger partial charge in [-0.2, -0.15) is 0 Å². The fourth-order valence-electron chi connectivity index (χ4n) is 5.54. The van der Waals surface area contributed by atoms with Crippen molar-refractivity contribution in [1.82, 2.24) is 0 Å². The minimum Gasteiger partial charge on any atom is -0.121 e. The van der Waals surface area contributed by atoms with E-state index in [0.717, 1.165) is 5.75 Å². The van der Waals surface area contributed by atoms with Crippen molar-refractivity contribution in [2.75, 3.05) is 0 Å². The fourth-order valence-corrected chi connectivity index (χ4v) is 13.4. The molecule has 3 aromatic rings. The Labute approximate surface area is 165 Å². The first-order chi connectivity index (χ1) is 13.4. The first-order valence-electron chi connectivity index (χ1n) is 9.66. The molecule has 0 bridgehead atoms.